The monoisotopic (exact) mass is 432 g/mol. The predicted molar refractivity (Wildman–Crippen MR) is 117 cm³/mol. The zero-order chi connectivity index (χ0) is 21.4. The van der Waals surface area contributed by atoms with Crippen molar-refractivity contribution >= 4 is 34.1 Å². The van der Waals surface area contributed by atoms with Crippen molar-refractivity contribution in [3.8, 4) is 0 Å². The Hall–Kier alpha value is -3.71. The van der Waals surface area contributed by atoms with E-state index in [2.05, 4.69) is 10.1 Å². The molecule has 0 bridgehead atoms. The number of hydrazone groups is 1. The molecule has 0 saturated heterocycles. The minimum absolute atomic E-state index is 0.175. The van der Waals surface area contributed by atoms with Gasteiger partial charge in [0.1, 0.15) is 18.3 Å². The first-order valence-corrected chi connectivity index (χ1v) is 10.1. The molecule has 0 spiro atoms. The zero-order valence-electron chi connectivity index (χ0n) is 16.3. The standard InChI is InChI=1S/C23H17ClN4O3/c24-16-9-7-15(8-10-16)19-12-20(21-6-3-11-31-21)28(26-19)22(29)13-27-14-25-18-5-2-1-4-17(18)23(27)30/h1-11,14,20H,12-13H2/t20-/m0/s1. The van der Waals surface area contributed by atoms with Crippen molar-refractivity contribution in [3.63, 3.8) is 0 Å². The number of fused-ring (bicyclic) bond motifs is 1. The summed E-state index contributed by atoms with van der Waals surface area (Å²) < 4.78 is 6.87. The van der Waals surface area contributed by atoms with Crippen LogP contribution in [0.15, 0.2) is 87.6 Å². The number of rotatable bonds is 4. The Bertz CT molecular complexity index is 1340. The lowest BCUT2D eigenvalue weighted by atomic mass is 10.0. The van der Waals surface area contributed by atoms with Crippen LogP contribution >= 0.6 is 11.6 Å². The second-order valence-electron chi connectivity index (χ2n) is 7.22. The number of nitrogens with zero attached hydrogens (tertiary/aromatic N) is 4. The summed E-state index contributed by atoms with van der Waals surface area (Å²) >= 11 is 6.00. The molecule has 3 heterocycles. The summed E-state index contributed by atoms with van der Waals surface area (Å²) in [6, 6.07) is 17.5. The fourth-order valence-electron chi connectivity index (χ4n) is 3.70. The molecule has 1 aliphatic heterocycles. The van der Waals surface area contributed by atoms with E-state index in [0.717, 1.165) is 11.3 Å². The van der Waals surface area contributed by atoms with Crippen molar-refractivity contribution in [1.29, 1.82) is 0 Å². The summed E-state index contributed by atoms with van der Waals surface area (Å²) in [5.41, 5.74) is 1.94. The second-order valence-corrected chi connectivity index (χ2v) is 7.66. The molecule has 2 aromatic carbocycles. The van der Waals surface area contributed by atoms with E-state index in [0.29, 0.717) is 28.1 Å². The first kappa shape index (κ1) is 19.3. The van der Waals surface area contributed by atoms with Gasteiger partial charge in [-0.2, -0.15) is 5.10 Å². The van der Waals surface area contributed by atoms with E-state index in [4.69, 9.17) is 16.0 Å². The van der Waals surface area contributed by atoms with Gasteiger partial charge in [-0.3, -0.25) is 14.2 Å². The highest BCUT2D eigenvalue weighted by molar-refractivity contribution is 6.30. The third-order valence-corrected chi connectivity index (χ3v) is 5.50. The third kappa shape index (κ3) is 3.64. The molecule has 0 radical (unpaired) electrons. The van der Waals surface area contributed by atoms with Crippen molar-refractivity contribution in [2.24, 2.45) is 5.10 Å². The first-order valence-electron chi connectivity index (χ1n) is 9.73. The lowest BCUT2D eigenvalue weighted by Gasteiger charge is -2.20. The van der Waals surface area contributed by atoms with Gasteiger partial charge >= 0.3 is 0 Å². The molecule has 154 valence electrons. The van der Waals surface area contributed by atoms with Gasteiger partial charge in [0.15, 0.2) is 0 Å². The number of carbonyl (C=O) groups excluding carboxylic acids is 1. The van der Waals surface area contributed by atoms with Gasteiger partial charge in [0, 0.05) is 11.4 Å². The Morgan fingerprint density at radius 1 is 1.10 bits per heavy atom. The van der Waals surface area contributed by atoms with Gasteiger partial charge in [0.25, 0.3) is 11.5 Å². The summed E-state index contributed by atoms with van der Waals surface area (Å²) in [5.74, 6) is 0.301. The molecule has 2 aromatic heterocycles. The number of furan rings is 1. The van der Waals surface area contributed by atoms with Crippen LogP contribution in [0.3, 0.4) is 0 Å². The van der Waals surface area contributed by atoms with Gasteiger partial charge in [0.2, 0.25) is 0 Å². The number of para-hydroxylation sites is 1. The van der Waals surface area contributed by atoms with Crippen molar-refractivity contribution < 1.29 is 9.21 Å². The Morgan fingerprint density at radius 2 is 1.90 bits per heavy atom. The number of halogens is 1. The van der Waals surface area contributed by atoms with Gasteiger partial charge in [-0.25, -0.2) is 9.99 Å². The summed E-state index contributed by atoms with van der Waals surface area (Å²) in [4.78, 5) is 30.3. The predicted octanol–water partition coefficient (Wildman–Crippen LogP) is 4.02. The molecule has 1 aliphatic rings. The van der Waals surface area contributed by atoms with E-state index >= 15 is 0 Å². The summed E-state index contributed by atoms with van der Waals surface area (Å²) in [5, 5.41) is 7.06. The molecule has 7 nitrogen and oxygen atoms in total. The van der Waals surface area contributed by atoms with Gasteiger partial charge in [-0.05, 0) is 42.0 Å². The fraction of sp³-hybridized carbons (Fsp3) is 0.130. The molecule has 0 saturated carbocycles. The lowest BCUT2D eigenvalue weighted by molar-refractivity contribution is -0.134. The molecule has 4 aromatic rings. The van der Waals surface area contributed by atoms with Crippen LogP contribution in [-0.4, -0.2) is 26.2 Å². The first-order chi connectivity index (χ1) is 15.1. The van der Waals surface area contributed by atoms with Crippen molar-refractivity contribution in [2.75, 3.05) is 0 Å². The van der Waals surface area contributed by atoms with Crippen molar-refractivity contribution in [2.45, 2.75) is 19.0 Å². The molecule has 1 atom stereocenters. The molecule has 0 unspecified atom stereocenters. The maximum absolute atomic E-state index is 13.2. The van der Waals surface area contributed by atoms with Crippen LogP contribution in [-0.2, 0) is 11.3 Å². The SMILES string of the molecule is O=C(Cn1cnc2ccccc2c1=O)N1N=C(c2ccc(Cl)cc2)C[C@H]1c1ccco1. The van der Waals surface area contributed by atoms with Gasteiger partial charge in [-0.1, -0.05) is 35.9 Å². The van der Waals surface area contributed by atoms with E-state index in [1.165, 1.54) is 15.9 Å². The van der Waals surface area contributed by atoms with Crippen LogP contribution in [0.25, 0.3) is 10.9 Å². The number of aromatic nitrogens is 2. The minimum atomic E-state index is -0.391. The van der Waals surface area contributed by atoms with E-state index < -0.39 is 6.04 Å². The summed E-state index contributed by atoms with van der Waals surface area (Å²) in [6.45, 7) is -0.175. The molecular formula is C23H17ClN4O3. The number of benzene rings is 2. The van der Waals surface area contributed by atoms with Gasteiger partial charge in [0.05, 0.1) is 29.2 Å². The number of amides is 1. The topological polar surface area (TPSA) is 80.7 Å². The van der Waals surface area contributed by atoms with Gasteiger partial charge in [-0.15, -0.1) is 0 Å². The fourth-order valence-corrected chi connectivity index (χ4v) is 3.82. The zero-order valence-corrected chi connectivity index (χ0v) is 17.1. The van der Waals surface area contributed by atoms with E-state index in [-0.39, 0.29) is 18.0 Å². The lowest BCUT2D eigenvalue weighted by Crippen LogP contribution is -2.34. The normalized spacial score (nSPS) is 16.0. The Morgan fingerprint density at radius 3 is 2.68 bits per heavy atom. The van der Waals surface area contributed by atoms with Crippen LogP contribution in [0.5, 0.6) is 0 Å². The van der Waals surface area contributed by atoms with E-state index in [1.54, 1.807) is 42.7 Å². The number of hydrogen-bond acceptors (Lipinski definition) is 5. The summed E-state index contributed by atoms with van der Waals surface area (Å²) in [6.07, 6.45) is 3.45. The van der Waals surface area contributed by atoms with Crippen molar-refractivity contribution in [3.05, 3.63) is 100.0 Å². The van der Waals surface area contributed by atoms with Crippen molar-refractivity contribution in [1.82, 2.24) is 14.6 Å². The highest BCUT2D eigenvalue weighted by Gasteiger charge is 2.35. The Balaban J connectivity index is 1.48. The van der Waals surface area contributed by atoms with Crippen LogP contribution in [0.1, 0.15) is 23.8 Å². The quantitative estimate of drug-likeness (QED) is 0.487. The minimum Gasteiger partial charge on any atom is -0.467 e. The molecule has 0 N–H and O–H groups in total. The molecule has 5 rings (SSSR count). The average Bonchev–Trinajstić information content (AvgIpc) is 3.46. The maximum atomic E-state index is 13.2. The van der Waals surface area contributed by atoms with E-state index in [9.17, 15) is 9.59 Å². The Kier molecular flexibility index (Phi) is 4.88. The largest absolute Gasteiger partial charge is 0.467 e. The Labute approximate surface area is 182 Å². The summed E-state index contributed by atoms with van der Waals surface area (Å²) in [7, 11) is 0. The smallest absolute Gasteiger partial charge is 0.263 e. The van der Waals surface area contributed by atoms with Crippen LogP contribution in [0.4, 0.5) is 0 Å². The molecule has 0 aliphatic carbocycles. The molecular weight excluding hydrogens is 416 g/mol. The highest BCUT2D eigenvalue weighted by atomic mass is 35.5. The number of carbonyl (C=O) groups is 1. The average molecular weight is 433 g/mol. The van der Waals surface area contributed by atoms with Gasteiger partial charge < -0.3 is 4.42 Å². The van der Waals surface area contributed by atoms with Crippen LogP contribution in [0.2, 0.25) is 5.02 Å². The molecule has 1 amide bonds. The highest BCUT2D eigenvalue weighted by Crippen LogP contribution is 2.33. The van der Waals surface area contributed by atoms with Crippen LogP contribution in [0, 0.1) is 0 Å². The maximum Gasteiger partial charge on any atom is 0.263 e. The number of hydrogen-bond donors (Lipinski definition) is 0. The van der Waals surface area contributed by atoms with E-state index in [1.807, 2.05) is 24.3 Å². The second kappa shape index (κ2) is 7.85. The molecule has 0 fully saturated rings. The van der Waals surface area contributed by atoms with Crippen LogP contribution < -0.4 is 5.56 Å². The molecule has 8 heteroatoms. The third-order valence-electron chi connectivity index (χ3n) is 5.25. The molecule has 31 heavy (non-hydrogen) atoms.